The Hall–Kier alpha value is -2.84. The Balaban J connectivity index is 2.03. The van der Waals surface area contributed by atoms with Gasteiger partial charge in [0.15, 0.2) is 22.0 Å². The fraction of sp³-hybridized carbons (Fsp3) is 0.240. The van der Waals surface area contributed by atoms with E-state index in [1.54, 1.807) is 12.1 Å². The van der Waals surface area contributed by atoms with E-state index >= 15 is 0 Å². The lowest BCUT2D eigenvalue weighted by Gasteiger charge is -2.26. The molecule has 0 spiro atoms. The molecular formula is C25H19ClF3IN2O5S. The van der Waals surface area contributed by atoms with Crippen molar-refractivity contribution >= 4 is 57.6 Å². The predicted octanol–water partition coefficient (Wildman–Crippen LogP) is 4.62. The van der Waals surface area contributed by atoms with Crippen LogP contribution in [0.1, 0.15) is 24.1 Å². The zero-order valence-electron chi connectivity index (χ0n) is 20.1. The third-order valence-corrected chi connectivity index (χ3v) is 7.57. The number of aromatic nitrogens is 1. The molecule has 0 amide bonds. The smallest absolute Gasteiger partial charge is 0.434 e. The summed E-state index contributed by atoms with van der Waals surface area (Å²) in [6.45, 7) is 1.31. The molecule has 3 aromatic rings. The summed E-state index contributed by atoms with van der Waals surface area (Å²) in [4.78, 5) is 30.1. The number of methoxy groups -OCH3 is 2. The van der Waals surface area contributed by atoms with Crippen LogP contribution in [0.15, 0.2) is 57.5 Å². The number of nitrogens with zero attached hydrogens (tertiary/aromatic N) is 2. The highest BCUT2D eigenvalue weighted by Crippen LogP contribution is 2.38. The summed E-state index contributed by atoms with van der Waals surface area (Å²) in [5.41, 5.74) is -2.02. The standard InChI is InChI=1S/C25H19ClF3IN2O5S/c1-4-37-23(34)18-19(13-5-7-14(26)8-6-13)32-22(33)17(38-24(32)31-21(18)25(27,28)29)11-12-9-15(30)20(36-3)16(10-12)35-2/h5-11,19H,4H2,1-3H3/b17-11-/t19-/m1/s1. The van der Waals surface area contributed by atoms with Crippen LogP contribution in [0.4, 0.5) is 13.2 Å². The van der Waals surface area contributed by atoms with Gasteiger partial charge in [-0.15, -0.1) is 0 Å². The molecule has 1 aromatic heterocycles. The van der Waals surface area contributed by atoms with Crippen molar-refractivity contribution in [3.8, 4) is 11.5 Å². The van der Waals surface area contributed by atoms with Gasteiger partial charge in [0.05, 0.1) is 40.5 Å². The molecule has 4 rings (SSSR count). The summed E-state index contributed by atoms with van der Waals surface area (Å²) >= 11 is 8.82. The van der Waals surface area contributed by atoms with Crippen molar-refractivity contribution in [1.82, 2.24) is 4.57 Å². The van der Waals surface area contributed by atoms with Gasteiger partial charge >= 0.3 is 12.1 Å². The minimum atomic E-state index is -4.98. The SMILES string of the molecule is CCOC(=O)C1=C(C(F)(F)F)N=c2s/c(=C\c3cc(I)c(OC)c(OC)c3)c(=O)n2[C@@H]1c1ccc(Cl)cc1. The van der Waals surface area contributed by atoms with Gasteiger partial charge in [0.1, 0.15) is 0 Å². The first-order valence-corrected chi connectivity index (χ1v) is 13.2. The predicted molar refractivity (Wildman–Crippen MR) is 144 cm³/mol. The molecule has 0 bridgehead atoms. The zero-order valence-corrected chi connectivity index (χ0v) is 23.8. The third kappa shape index (κ3) is 5.34. The Morgan fingerprint density at radius 3 is 2.47 bits per heavy atom. The first-order chi connectivity index (χ1) is 18.0. The van der Waals surface area contributed by atoms with Gasteiger partial charge in [-0.05, 0) is 71.0 Å². The summed E-state index contributed by atoms with van der Waals surface area (Å²) in [6, 6.07) is 7.79. The van der Waals surface area contributed by atoms with Crippen molar-refractivity contribution in [3.05, 3.63) is 87.1 Å². The van der Waals surface area contributed by atoms with Gasteiger partial charge in [-0.2, -0.15) is 13.2 Å². The Kier molecular flexibility index (Phi) is 8.23. The van der Waals surface area contributed by atoms with E-state index in [1.165, 1.54) is 51.5 Å². The van der Waals surface area contributed by atoms with Crippen molar-refractivity contribution in [2.75, 3.05) is 20.8 Å². The van der Waals surface area contributed by atoms with Crippen molar-refractivity contribution in [2.45, 2.75) is 19.1 Å². The molecule has 0 unspecified atom stereocenters. The molecule has 7 nitrogen and oxygen atoms in total. The number of esters is 1. The number of alkyl halides is 3. The van der Waals surface area contributed by atoms with Crippen LogP contribution in [0.3, 0.4) is 0 Å². The average molecular weight is 679 g/mol. The largest absolute Gasteiger partial charge is 0.493 e. The summed E-state index contributed by atoms with van der Waals surface area (Å²) in [5, 5.41) is 0.335. The quantitative estimate of drug-likeness (QED) is 0.281. The van der Waals surface area contributed by atoms with Gasteiger partial charge in [-0.1, -0.05) is 35.1 Å². The van der Waals surface area contributed by atoms with Crippen LogP contribution in [-0.4, -0.2) is 37.5 Å². The topological polar surface area (TPSA) is 79.1 Å². The number of carbonyl (C=O) groups is 1. The number of rotatable bonds is 6. The fourth-order valence-corrected chi connectivity index (χ4v) is 5.95. The number of allylic oxidation sites excluding steroid dienone is 1. The fourth-order valence-electron chi connectivity index (χ4n) is 3.97. The number of fused-ring (bicyclic) bond motifs is 1. The molecule has 38 heavy (non-hydrogen) atoms. The first-order valence-electron chi connectivity index (χ1n) is 11.0. The maximum atomic E-state index is 14.2. The van der Waals surface area contributed by atoms with Gasteiger partial charge in [-0.3, -0.25) is 9.36 Å². The van der Waals surface area contributed by atoms with Gasteiger partial charge in [-0.25, -0.2) is 9.79 Å². The van der Waals surface area contributed by atoms with Gasteiger partial charge in [0, 0.05) is 5.02 Å². The Labute approximate surface area is 237 Å². The van der Waals surface area contributed by atoms with E-state index in [0.29, 0.717) is 25.7 Å². The summed E-state index contributed by atoms with van der Waals surface area (Å²) < 4.78 is 60.1. The lowest BCUT2D eigenvalue weighted by Crippen LogP contribution is -2.41. The van der Waals surface area contributed by atoms with E-state index in [0.717, 1.165) is 15.9 Å². The minimum Gasteiger partial charge on any atom is -0.493 e. The molecule has 13 heteroatoms. The van der Waals surface area contributed by atoms with Gasteiger partial charge in [0.2, 0.25) is 0 Å². The molecule has 1 aliphatic rings. The van der Waals surface area contributed by atoms with Crippen molar-refractivity contribution in [1.29, 1.82) is 0 Å². The van der Waals surface area contributed by atoms with E-state index in [9.17, 15) is 22.8 Å². The molecule has 0 radical (unpaired) electrons. The van der Waals surface area contributed by atoms with Gasteiger partial charge in [0.25, 0.3) is 5.56 Å². The zero-order chi connectivity index (χ0) is 27.8. The highest BCUT2D eigenvalue weighted by Gasteiger charge is 2.45. The molecule has 2 aromatic carbocycles. The van der Waals surface area contributed by atoms with E-state index < -0.39 is 35.0 Å². The Morgan fingerprint density at radius 2 is 1.89 bits per heavy atom. The van der Waals surface area contributed by atoms with Crippen molar-refractivity contribution < 1.29 is 32.2 Å². The number of hydrogen-bond donors (Lipinski definition) is 0. The second-order valence-corrected chi connectivity index (χ2v) is 10.5. The normalized spacial score (nSPS) is 15.7. The van der Waals surface area contributed by atoms with Crippen molar-refractivity contribution in [2.24, 2.45) is 4.99 Å². The maximum Gasteiger partial charge on any atom is 0.434 e. The number of carbonyl (C=O) groups excluding carboxylic acids is 1. The summed E-state index contributed by atoms with van der Waals surface area (Å²) in [6.07, 6.45) is -3.46. The molecule has 1 atom stereocenters. The second-order valence-electron chi connectivity index (χ2n) is 7.85. The molecule has 0 saturated carbocycles. The molecule has 0 fully saturated rings. The average Bonchev–Trinajstić information content (AvgIpc) is 3.17. The van der Waals surface area contributed by atoms with E-state index in [-0.39, 0.29) is 21.5 Å². The molecule has 0 aliphatic carbocycles. The minimum absolute atomic E-state index is 0.109. The van der Waals surface area contributed by atoms with E-state index in [4.69, 9.17) is 25.8 Å². The van der Waals surface area contributed by atoms with Crippen LogP contribution in [0, 0.1) is 3.57 Å². The lowest BCUT2D eigenvalue weighted by molar-refractivity contribution is -0.140. The monoisotopic (exact) mass is 678 g/mol. The highest BCUT2D eigenvalue weighted by molar-refractivity contribution is 14.1. The van der Waals surface area contributed by atoms with Crippen LogP contribution in [0.25, 0.3) is 6.08 Å². The molecule has 0 saturated heterocycles. The first kappa shape index (κ1) is 28.2. The number of thiazole rings is 1. The summed E-state index contributed by atoms with van der Waals surface area (Å²) in [5.74, 6) is -0.294. The number of benzene rings is 2. The van der Waals surface area contributed by atoms with Crippen LogP contribution < -0.4 is 24.4 Å². The maximum absolute atomic E-state index is 14.2. The molecular weight excluding hydrogens is 660 g/mol. The van der Waals surface area contributed by atoms with E-state index in [2.05, 4.69) is 4.99 Å². The van der Waals surface area contributed by atoms with Crippen LogP contribution in [-0.2, 0) is 9.53 Å². The second kappa shape index (κ2) is 11.1. The highest BCUT2D eigenvalue weighted by atomic mass is 127. The third-order valence-electron chi connectivity index (χ3n) is 5.53. The lowest BCUT2D eigenvalue weighted by atomic mass is 9.95. The Morgan fingerprint density at radius 1 is 1.21 bits per heavy atom. The van der Waals surface area contributed by atoms with Gasteiger partial charge < -0.3 is 14.2 Å². The number of ether oxygens (including phenoxy) is 3. The van der Waals surface area contributed by atoms with Crippen LogP contribution in [0.2, 0.25) is 5.02 Å². The van der Waals surface area contributed by atoms with Crippen molar-refractivity contribution in [3.63, 3.8) is 0 Å². The van der Waals surface area contributed by atoms with Crippen LogP contribution >= 0.6 is 45.5 Å². The molecule has 1 aliphatic heterocycles. The summed E-state index contributed by atoms with van der Waals surface area (Å²) in [7, 11) is 2.96. The number of halogens is 5. The molecule has 200 valence electrons. The molecule has 2 heterocycles. The Bertz CT molecular complexity index is 1610. The van der Waals surface area contributed by atoms with E-state index in [1.807, 2.05) is 22.6 Å². The van der Waals surface area contributed by atoms with Crippen LogP contribution in [0.5, 0.6) is 11.5 Å². The number of hydrogen-bond acceptors (Lipinski definition) is 7. The molecule has 0 N–H and O–H groups in total.